The summed E-state index contributed by atoms with van der Waals surface area (Å²) in [5.41, 5.74) is 1.96. The minimum absolute atomic E-state index is 0.309. The van der Waals surface area contributed by atoms with E-state index in [1.807, 2.05) is 26.0 Å². The molecule has 0 radical (unpaired) electrons. The largest absolute Gasteiger partial charge is 0.421 e. The van der Waals surface area contributed by atoms with Crippen molar-refractivity contribution < 1.29 is 14.0 Å². The fourth-order valence-corrected chi connectivity index (χ4v) is 2.88. The predicted octanol–water partition coefficient (Wildman–Crippen LogP) is 3.45. The van der Waals surface area contributed by atoms with E-state index in [1.54, 1.807) is 36.4 Å². The van der Waals surface area contributed by atoms with Gasteiger partial charge >= 0.3 is 7.60 Å². The number of hydrogen-bond acceptors (Lipinski definition) is 2. The van der Waals surface area contributed by atoms with Gasteiger partial charge in [0, 0.05) is 0 Å². The maximum absolute atomic E-state index is 12.3. The van der Waals surface area contributed by atoms with Gasteiger partial charge in [0.2, 0.25) is 0 Å². The molecule has 0 aliphatic carbocycles. The molecule has 1 unspecified atom stereocenters. The highest BCUT2D eigenvalue weighted by atomic mass is 31.2. The Kier molecular flexibility index (Phi) is 4.08. The molecule has 19 heavy (non-hydrogen) atoms. The topological polar surface area (TPSA) is 46.5 Å². The standard InChI is InChI=1S/C15H17O3P/c1-3-13-6-4-5-7-15(13)18-19(16,17)14-10-8-12(2)9-11-14/h4-11H,3H2,1-2H3,(H,16,17). The summed E-state index contributed by atoms with van der Waals surface area (Å²) in [5.74, 6) is 0.469. The van der Waals surface area contributed by atoms with Crippen molar-refractivity contribution in [3.8, 4) is 5.75 Å². The van der Waals surface area contributed by atoms with Crippen LogP contribution in [0.2, 0.25) is 0 Å². The number of benzene rings is 2. The summed E-state index contributed by atoms with van der Waals surface area (Å²) in [7, 11) is -3.83. The van der Waals surface area contributed by atoms with Gasteiger partial charge < -0.3 is 9.42 Å². The van der Waals surface area contributed by atoms with Crippen molar-refractivity contribution in [3.63, 3.8) is 0 Å². The van der Waals surface area contributed by atoms with Gasteiger partial charge in [0.15, 0.2) is 0 Å². The first-order valence-corrected chi connectivity index (χ1v) is 7.78. The van der Waals surface area contributed by atoms with Gasteiger partial charge in [0.1, 0.15) is 5.75 Å². The zero-order valence-corrected chi connectivity index (χ0v) is 11.9. The highest BCUT2D eigenvalue weighted by Crippen LogP contribution is 2.42. The quantitative estimate of drug-likeness (QED) is 0.870. The van der Waals surface area contributed by atoms with Crippen molar-refractivity contribution in [2.45, 2.75) is 20.3 Å². The molecular weight excluding hydrogens is 259 g/mol. The molecule has 0 saturated carbocycles. The summed E-state index contributed by atoms with van der Waals surface area (Å²) >= 11 is 0. The molecule has 2 aromatic carbocycles. The molecule has 1 N–H and O–H groups in total. The van der Waals surface area contributed by atoms with Crippen LogP contribution in [0.1, 0.15) is 18.1 Å². The minimum atomic E-state index is -3.83. The maximum atomic E-state index is 12.3. The summed E-state index contributed by atoms with van der Waals surface area (Å²) in [6, 6.07) is 14.2. The van der Waals surface area contributed by atoms with Crippen molar-refractivity contribution in [2.75, 3.05) is 0 Å². The Morgan fingerprint density at radius 1 is 1.11 bits per heavy atom. The first-order valence-electron chi connectivity index (χ1n) is 6.20. The van der Waals surface area contributed by atoms with Crippen LogP contribution in [0.25, 0.3) is 0 Å². The lowest BCUT2D eigenvalue weighted by atomic mass is 10.1. The highest BCUT2D eigenvalue weighted by Gasteiger charge is 2.24. The molecule has 0 aromatic heterocycles. The van der Waals surface area contributed by atoms with Crippen molar-refractivity contribution >= 4 is 12.9 Å². The maximum Gasteiger partial charge on any atom is 0.408 e. The fourth-order valence-electron chi connectivity index (χ4n) is 1.80. The Hall–Kier alpha value is -1.57. The van der Waals surface area contributed by atoms with Gasteiger partial charge in [0.05, 0.1) is 5.30 Å². The first-order chi connectivity index (χ1) is 9.03. The summed E-state index contributed by atoms with van der Waals surface area (Å²) in [6.45, 7) is 3.91. The summed E-state index contributed by atoms with van der Waals surface area (Å²) in [5, 5.41) is 0.309. The number of hydrogen-bond donors (Lipinski definition) is 1. The molecule has 1 atom stereocenters. The lowest BCUT2D eigenvalue weighted by Gasteiger charge is -2.16. The average molecular weight is 276 g/mol. The number of rotatable bonds is 4. The van der Waals surface area contributed by atoms with Crippen LogP contribution in [-0.2, 0) is 11.0 Å². The van der Waals surface area contributed by atoms with E-state index in [0.29, 0.717) is 11.1 Å². The molecule has 0 aliphatic heterocycles. The lowest BCUT2D eigenvalue weighted by Crippen LogP contribution is -2.09. The van der Waals surface area contributed by atoms with Crippen LogP contribution < -0.4 is 9.83 Å². The van der Waals surface area contributed by atoms with Gasteiger partial charge in [-0.25, -0.2) is 4.57 Å². The van der Waals surface area contributed by atoms with E-state index in [9.17, 15) is 9.46 Å². The van der Waals surface area contributed by atoms with Crippen LogP contribution in [-0.4, -0.2) is 4.89 Å². The van der Waals surface area contributed by atoms with Gasteiger partial charge in [-0.15, -0.1) is 0 Å². The van der Waals surface area contributed by atoms with Gasteiger partial charge in [0.25, 0.3) is 0 Å². The Morgan fingerprint density at radius 3 is 2.37 bits per heavy atom. The van der Waals surface area contributed by atoms with E-state index in [2.05, 4.69) is 0 Å². The van der Waals surface area contributed by atoms with Crippen molar-refractivity contribution in [2.24, 2.45) is 0 Å². The van der Waals surface area contributed by atoms with E-state index in [0.717, 1.165) is 17.5 Å². The second-order valence-electron chi connectivity index (χ2n) is 4.41. The molecule has 0 saturated heterocycles. The number of para-hydroxylation sites is 1. The van der Waals surface area contributed by atoms with Gasteiger partial charge in [-0.05, 0) is 37.1 Å². The molecule has 100 valence electrons. The second kappa shape index (κ2) is 5.60. The summed E-state index contributed by atoms with van der Waals surface area (Å²) < 4.78 is 17.7. The van der Waals surface area contributed by atoms with Crippen molar-refractivity contribution in [3.05, 3.63) is 59.7 Å². The molecule has 0 fully saturated rings. The molecule has 0 spiro atoms. The monoisotopic (exact) mass is 276 g/mol. The Labute approximate surface area is 113 Å². The molecule has 2 aromatic rings. The van der Waals surface area contributed by atoms with Crippen LogP contribution in [0.5, 0.6) is 5.75 Å². The van der Waals surface area contributed by atoms with Gasteiger partial charge in [-0.2, -0.15) is 0 Å². The molecule has 4 heteroatoms. The molecule has 0 aliphatic rings. The smallest absolute Gasteiger partial charge is 0.408 e. The Morgan fingerprint density at radius 2 is 1.74 bits per heavy atom. The number of aryl methyl sites for hydroxylation is 2. The molecule has 3 nitrogen and oxygen atoms in total. The van der Waals surface area contributed by atoms with Crippen molar-refractivity contribution in [1.29, 1.82) is 0 Å². The normalized spacial score (nSPS) is 13.8. The van der Waals surface area contributed by atoms with Gasteiger partial charge in [-0.1, -0.05) is 42.8 Å². The van der Waals surface area contributed by atoms with Gasteiger partial charge in [-0.3, -0.25) is 0 Å². The molecule has 0 bridgehead atoms. The van der Waals surface area contributed by atoms with E-state index in [-0.39, 0.29) is 0 Å². The zero-order valence-electron chi connectivity index (χ0n) is 11.0. The van der Waals surface area contributed by atoms with E-state index in [1.165, 1.54) is 0 Å². The zero-order chi connectivity index (χ0) is 13.9. The predicted molar refractivity (Wildman–Crippen MR) is 77.1 cm³/mol. The third kappa shape index (κ3) is 3.25. The van der Waals surface area contributed by atoms with Crippen LogP contribution in [0.15, 0.2) is 48.5 Å². The Bertz CT molecular complexity index is 605. The third-order valence-electron chi connectivity index (χ3n) is 2.94. The van der Waals surface area contributed by atoms with E-state index < -0.39 is 7.60 Å². The summed E-state index contributed by atoms with van der Waals surface area (Å²) in [4.78, 5) is 10.1. The third-order valence-corrected chi connectivity index (χ3v) is 4.33. The second-order valence-corrected chi connectivity index (χ2v) is 6.15. The minimum Gasteiger partial charge on any atom is -0.421 e. The molecular formula is C15H17O3P. The fraction of sp³-hybridized carbons (Fsp3) is 0.200. The Balaban J connectivity index is 2.30. The van der Waals surface area contributed by atoms with Crippen molar-refractivity contribution in [1.82, 2.24) is 0 Å². The highest BCUT2D eigenvalue weighted by molar-refractivity contribution is 7.61. The average Bonchev–Trinajstić information content (AvgIpc) is 2.39. The van der Waals surface area contributed by atoms with E-state index >= 15 is 0 Å². The lowest BCUT2D eigenvalue weighted by molar-refractivity contribution is 0.392. The van der Waals surface area contributed by atoms with Crippen LogP contribution in [0.3, 0.4) is 0 Å². The molecule has 0 amide bonds. The van der Waals surface area contributed by atoms with Crippen LogP contribution in [0.4, 0.5) is 0 Å². The van der Waals surface area contributed by atoms with Crippen LogP contribution in [0, 0.1) is 6.92 Å². The SMILES string of the molecule is CCc1ccccc1OP(=O)(O)c1ccc(C)cc1. The van der Waals surface area contributed by atoms with E-state index in [4.69, 9.17) is 4.52 Å². The molecule has 0 heterocycles. The summed E-state index contributed by atoms with van der Waals surface area (Å²) in [6.07, 6.45) is 0.754. The van der Waals surface area contributed by atoms with Crippen LogP contribution >= 0.6 is 7.60 Å². The first kappa shape index (κ1) is 13.9. The molecule has 2 rings (SSSR count).